The molecule has 0 aliphatic carbocycles. The van der Waals surface area contributed by atoms with E-state index in [0.29, 0.717) is 13.2 Å². The van der Waals surface area contributed by atoms with Gasteiger partial charge in [0, 0.05) is 0 Å². The van der Waals surface area contributed by atoms with Crippen molar-refractivity contribution in [2.75, 3.05) is 26.9 Å². The van der Waals surface area contributed by atoms with Gasteiger partial charge in [0.05, 0.1) is 38.4 Å². The first-order valence-corrected chi connectivity index (χ1v) is 6.45. The normalized spacial score (nSPS) is 29.9. The van der Waals surface area contributed by atoms with Crippen LogP contribution >= 0.6 is 0 Å². The summed E-state index contributed by atoms with van der Waals surface area (Å²) in [5, 5.41) is 8.94. The Bertz CT molecular complexity index is 258. The van der Waals surface area contributed by atoms with Gasteiger partial charge in [0.1, 0.15) is 6.10 Å². The highest BCUT2D eigenvalue weighted by molar-refractivity contribution is 5.71. The monoisotopic (exact) mass is 260 g/mol. The van der Waals surface area contributed by atoms with Gasteiger partial charge < -0.3 is 19.3 Å². The summed E-state index contributed by atoms with van der Waals surface area (Å²) in [7, 11) is 1.41. The first-order valence-electron chi connectivity index (χ1n) is 6.45. The van der Waals surface area contributed by atoms with E-state index < -0.39 is 0 Å². The lowest BCUT2D eigenvalue weighted by Gasteiger charge is -2.37. The third-order valence-electron chi connectivity index (χ3n) is 3.39. The van der Waals surface area contributed by atoms with Crippen molar-refractivity contribution in [2.24, 2.45) is 5.92 Å². The van der Waals surface area contributed by atoms with Crippen LogP contribution in [0.3, 0.4) is 0 Å². The average molecular weight is 260 g/mol. The smallest absolute Gasteiger partial charge is 0.308 e. The summed E-state index contributed by atoms with van der Waals surface area (Å²) < 4.78 is 15.9. The maximum absolute atomic E-state index is 11.2. The fraction of sp³-hybridized carbons (Fsp3) is 0.923. The number of carbonyl (C=O) groups excluding carboxylic acids is 1. The minimum Gasteiger partial charge on any atom is -0.469 e. The molecule has 106 valence electrons. The number of aliphatic hydroxyl groups excluding tert-OH is 1. The van der Waals surface area contributed by atoms with Crippen LogP contribution in [-0.2, 0) is 19.0 Å². The van der Waals surface area contributed by atoms with Crippen molar-refractivity contribution in [1.82, 2.24) is 0 Å². The van der Waals surface area contributed by atoms with E-state index in [1.54, 1.807) is 0 Å². The zero-order chi connectivity index (χ0) is 13.6. The van der Waals surface area contributed by atoms with Crippen LogP contribution in [0.1, 0.15) is 33.1 Å². The zero-order valence-electron chi connectivity index (χ0n) is 11.5. The lowest BCUT2D eigenvalue weighted by molar-refractivity contribution is -0.193. The van der Waals surface area contributed by atoms with Gasteiger partial charge in [0.15, 0.2) is 0 Å². The second kappa shape index (κ2) is 7.07. The quantitative estimate of drug-likeness (QED) is 0.725. The molecule has 1 aliphatic heterocycles. The van der Waals surface area contributed by atoms with Crippen LogP contribution in [0.15, 0.2) is 0 Å². The predicted molar refractivity (Wildman–Crippen MR) is 66.2 cm³/mol. The van der Waals surface area contributed by atoms with Gasteiger partial charge in [-0.1, -0.05) is 6.92 Å². The largest absolute Gasteiger partial charge is 0.469 e. The summed E-state index contributed by atoms with van der Waals surface area (Å²) in [5.41, 5.74) is -0.304. The third-order valence-corrected chi connectivity index (χ3v) is 3.39. The standard InChI is InChI=1S/C13H24O5/c1-10(12(15)16-3)5-4-6-13(2)9-17-11(7-14)8-18-13/h10-11,14H,4-9H2,1-3H3/t10-,11+,13-/m1/s1. The Labute approximate surface area is 108 Å². The van der Waals surface area contributed by atoms with Gasteiger partial charge in [-0.2, -0.15) is 0 Å². The molecule has 1 heterocycles. The number of aliphatic hydroxyl groups is 1. The van der Waals surface area contributed by atoms with E-state index >= 15 is 0 Å². The Morgan fingerprint density at radius 1 is 1.61 bits per heavy atom. The molecule has 3 atom stereocenters. The second-order valence-corrected chi connectivity index (χ2v) is 5.19. The van der Waals surface area contributed by atoms with Crippen molar-refractivity contribution in [3.63, 3.8) is 0 Å². The summed E-state index contributed by atoms with van der Waals surface area (Å²) in [6.07, 6.45) is 2.31. The average Bonchev–Trinajstić information content (AvgIpc) is 2.38. The number of esters is 1. The first-order chi connectivity index (χ1) is 8.50. The molecular weight excluding hydrogens is 236 g/mol. The molecule has 18 heavy (non-hydrogen) atoms. The van der Waals surface area contributed by atoms with Crippen LogP contribution in [-0.4, -0.2) is 49.7 Å². The molecule has 0 radical (unpaired) electrons. The van der Waals surface area contributed by atoms with Crippen LogP contribution in [0.5, 0.6) is 0 Å². The summed E-state index contributed by atoms with van der Waals surface area (Å²) in [5.74, 6) is -0.241. The Morgan fingerprint density at radius 3 is 2.83 bits per heavy atom. The summed E-state index contributed by atoms with van der Waals surface area (Å²) in [6.45, 7) is 4.79. The van der Waals surface area contributed by atoms with Gasteiger partial charge in [-0.15, -0.1) is 0 Å². The van der Waals surface area contributed by atoms with Crippen LogP contribution < -0.4 is 0 Å². The number of methoxy groups -OCH3 is 1. The molecule has 0 unspecified atom stereocenters. The van der Waals surface area contributed by atoms with E-state index in [9.17, 15) is 4.79 Å². The third kappa shape index (κ3) is 4.55. The second-order valence-electron chi connectivity index (χ2n) is 5.19. The van der Waals surface area contributed by atoms with E-state index in [2.05, 4.69) is 4.74 Å². The van der Waals surface area contributed by atoms with Crippen LogP contribution in [0, 0.1) is 5.92 Å². The van der Waals surface area contributed by atoms with Gasteiger partial charge in [-0.25, -0.2) is 0 Å². The number of ether oxygens (including phenoxy) is 3. The molecule has 0 aromatic carbocycles. The lowest BCUT2D eigenvalue weighted by Crippen LogP contribution is -2.45. The minimum absolute atomic E-state index is 0.00451. The van der Waals surface area contributed by atoms with Crippen molar-refractivity contribution in [1.29, 1.82) is 0 Å². The Kier molecular flexibility index (Phi) is 6.05. The van der Waals surface area contributed by atoms with Crippen molar-refractivity contribution in [3.8, 4) is 0 Å². The van der Waals surface area contributed by atoms with E-state index in [1.165, 1.54) is 7.11 Å². The number of carbonyl (C=O) groups is 1. The molecule has 0 amide bonds. The Balaban J connectivity index is 2.24. The van der Waals surface area contributed by atoms with E-state index in [1.807, 2.05) is 13.8 Å². The number of hydrogen-bond donors (Lipinski definition) is 1. The highest BCUT2D eigenvalue weighted by Gasteiger charge is 2.32. The molecule has 1 rings (SSSR count). The fourth-order valence-corrected chi connectivity index (χ4v) is 2.03. The number of rotatable bonds is 6. The fourth-order valence-electron chi connectivity index (χ4n) is 2.03. The van der Waals surface area contributed by atoms with E-state index in [0.717, 1.165) is 19.3 Å². The molecule has 0 aromatic rings. The topological polar surface area (TPSA) is 65.0 Å². The first kappa shape index (κ1) is 15.4. The predicted octanol–water partition coefficient (Wildman–Crippen LogP) is 1.13. The van der Waals surface area contributed by atoms with Gasteiger partial charge in [-0.05, 0) is 26.2 Å². The molecule has 0 saturated carbocycles. The van der Waals surface area contributed by atoms with Gasteiger partial charge in [0.25, 0.3) is 0 Å². The summed E-state index contributed by atoms with van der Waals surface area (Å²) in [6, 6.07) is 0. The van der Waals surface area contributed by atoms with Crippen molar-refractivity contribution < 1.29 is 24.1 Å². The zero-order valence-corrected chi connectivity index (χ0v) is 11.5. The van der Waals surface area contributed by atoms with Gasteiger partial charge in [0.2, 0.25) is 0 Å². The highest BCUT2D eigenvalue weighted by atomic mass is 16.6. The molecule has 0 bridgehead atoms. The Morgan fingerprint density at radius 2 is 2.33 bits per heavy atom. The molecule has 1 saturated heterocycles. The maximum atomic E-state index is 11.2. The molecule has 1 N–H and O–H groups in total. The van der Waals surface area contributed by atoms with Crippen molar-refractivity contribution in [2.45, 2.75) is 44.8 Å². The van der Waals surface area contributed by atoms with Crippen molar-refractivity contribution >= 4 is 5.97 Å². The van der Waals surface area contributed by atoms with Crippen LogP contribution in [0.2, 0.25) is 0 Å². The minimum atomic E-state index is -0.304. The van der Waals surface area contributed by atoms with Crippen LogP contribution in [0.25, 0.3) is 0 Å². The SMILES string of the molecule is COC(=O)[C@H](C)CCC[C@]1(C)CO[C@@H](CO)CO1. The highest BCUT2D eigenvalue weighted by Crippen LogP contribution is 2.25. The van der Waals surface area contributed by atoms with Gasteiger partial charge >= 0.3 is 5.97 Å². The molecule has 0 spiro atoms. The van der Waals surface area contributed by atoms with Crippen molar-refractivity contribution in [3.05, 3.63) is 0 Å². The van der Waals surface area contributed by atoms with Crippen LogP contribution in [0.4, 0.5) is 0 Å². The number of hydrogen-bond acceptors (Lipinski definition) is 5. The summed E-state index contributed by atoms with van der Waals surface area (Å²) in [4.78, 5) is 11.2. The molecule has 1 aliphatic rings. The molecular formula is C13H24O5. The molecule has 5 nitrogen and oxygen atoms in total. The Hall–Kier alpha value is -0.650. The van der Waals surface area contributed by atoms with E-state index in [-0.39, 0.29) is 30.2 Å². The molecule has 5 heteroatoms. The van der Waals surface area contributed by atoms with Gasteiger partial charge in [-0.3, -0.25) is 4.79 Å². The maximum Gasteiger partial charge on any atom is 0.308 e. The van der Waals surface area contributed by atoms with E-state index in [4.69, 9.17) is 14.6 Å². The lowest BCUT2D eigenvalue weighted by atomic mass is 9.95. The summed E-state index contributed by atoms with van der Waals surface area (Å²) >= 11 is 0. The molecule has 0 aromatic heterocycles. The molecule has 1 fully saturated rings.